The molecule has 0 radical (unpaired) electrons. The Hall–Kier alpha value is -3.48. The number of hydrogen-bond acceptors (Lipinski definition) is 7. The first-order valence-corrected chi connectivity index (χ1v) is 7.19. The van der Waals surface area contributed by atoms with E-state index in [2.05, 4.69) is 20.3 Å². The number of rotatable bonds is 4. The smallest absolute Gasteiger partial charge is 0.262 e. The van der Waals surface area contributed by atoms with E-state index >= 15 is 0 Å². The first kappa shape index (κ1) is 14.1. The van der Waals surface area contributed by atoms with Crippen molar-refractivity contribution in [3.8, 4) is 40.0 Å². The van der Waals surface area contributed by atoms with E-state index in [1.165, 1.54) is 6.39 Å². The van der Waals surface area contributed by atoms with Crippen molar-refractivity contribution in [2.75, 3.05) is 7.11 Å². The summed E-state index contributed by atoms with van der Waals surface area (Å²) in [5.74, 6) is 2.04. The van der Waals surface area contributed by atoms with Crippen LogP contribution in [0.1, 0.15) is 0 Å². The molecular formula is C17H12N4O3. The second-order valence-corrected chi connectivity index (χ2v) is 4.94. The molecule has 2 heterocycles. The molecule has 0 N–H and O–H groups in total. The predicted octanol–water partition coefficient (Wildman–Crippen LogP) is 3.46. The van der Waals surface area contributed by atoms with Gasteiger partial charge in [-0.05, 0) is 24.3 Å². The quantitative estimate of drug-likeness (QED) is 0.569. The molecule has 0 spiro atoms. The number of hydrogen-bond donors (Lipinski definition) is 0. The van der Waals surface area contributed by atoms with Crippen molar-refractivity contribution < 1.29 is 13.7 Å². The monoisotopic (exact) mass is 320 g/mol. The van der Waals surface area contributed by atoms with E-state index in [0.29, 0.717) is 23.4 Å². The first-order chi connectivity index (χ1) is 11.8. The normalized spacial score (nSPS) is 10.7. The van der Waals surface area contributed by atoms with Crippen LogP contribution >= 0.6 is 0 Å². The van der Waals surface area contributed by atoms with Gasteiger partial charge in [-0.2, -0.15) is 4.98 Å². The molecule has 0 aliphatic rings. The van der Waals surface area contributed by atoms with Gasteiger partial charge in [0.15, 0.2) is 0 Å². The minimum Gasteiger partial charge on any atom is -0.496 e. The van der Waals surface area contributed by atoms with Gasteiger partial charge in [0.05, 0.1) is 12.7 Å². The molecule has 2 aromatic carbocycles. The molecule has 0 aliphatic heterocycles. The predicted molar refractivity (Wildman–Crippen MR) is 85.0 cm³/mol. The van der Waals surface area contributed by atoms with Crippen molar-refractivity contribution >= 4 is 0 Å². The molecule has 2 aromatic heterocycles. The van der Waals surface area contributed by atoms with Gasteiger partial charge in [-0.25, -0.2) is 0 Å². The Bertz CT molecular complexity index is 946. The molecule has 0 atom stereocenters. The lowest BCUT2D eigenvalue weighted by molar-refractivity contribution is 0.405. The molecule has 7 nitrogen and oxygen atoms in total. The van der Waals surface area contributed by atoms with Gasteiger partial charge < -0.3 is 13.7 Å². The SMILES string of the molecule is COc1ccccc1-c1nc(-c2ccc(-c3nnco3)cc2)no1. The average molecular weight is 320 g/mol. The third kappa shape index (κ3) is 2.52. The van der Waals surface area contributed by atoms with E-state index in [9.17, 15) is 0 Å². The van der Waals surface area contributed by atoms with Gasteiger partial charge in [0, 0.05) is 11.1 Å². The summed E-state index contributed by atoms with van der Waals surface area (Å²) in [4.78, 5) is 4.44. The molecule has 24 heavy (non-hydrogen) atoms. The van der Waals surface area contributed by atoms with Gasteiger partial charge in [-0.3, -0.25) is 0 Å². The largest absolute Gasteiger partial charge is 0.496 e. The van der Waals surface area contributed by atoms with Crippen LogP contribution in [-0.2, 0) is 0 Å². The molecule has 0 bridgehead atoms. The zero-order valence-electron chi connectivity index (χ0n) is 12.7. The number of benzene rings is 2. The van der Waals surface area contributed by atoms with Crippen LogP contribution in [0.25, 0.3) is 34.3 Å². The summed E-state index contributed by atoms with van der Waals surface area (Å²) in [6.07, 6.45) is 1.29. The highest BCUT2D eigenvalue weighted by Crippen LogP contribution is 2.30. The van der Waals surface area contributed by atoms with Crippen molar-refractivity contribution in [3.63, 3.8) is 0 Å². The minimum absolute atomic E-state index is 0.406. The Labute approximate surface area is 136 Å². The minimum atomic E-state index is 0.406. The number of aromatic nitrogens is 4. The first-order valence-electron chi connectivity index (χ1n) is 7.19. The molecule has 0 aliphatic carbocycles. The van der Waals surface area contributed by atoms with Crippen LogP contribution in [0.15, 0.2) is 63.9 Å². The molecule has 0 saturated carbocycles. The summed E-state index contributed by atoms with van der Waals surface area (Å²) >= 11 is 0. The van der Waals surface area contributed by atoms with Crippen molar-refractivity contribution in [2.45, 2.75) is 0 Å². The lowest BCUT2D eigenvalue weighted by Crippen LogP contribution is -1.87. The molecule has 0 unspecified atom stereocenters. The maximum absolute atomic E-state index is 5.37. The number of ether oxygens (including phenoxy) is 1. The van der Waals surface area contributed by atoms with Crippen LogP contribution in [0.4, 0.5) is 0 Å². The fourth-order valence-corrected chi connectivity index (χ4v) is 2.33. The maximum atomic E-state index is 5.37. The van der Waals surface area contributed by atoms with Crippen molar-refractivity contribution in [2.24, 2.45) is 0 Å². The third-order valence-electron chi connectivity index (χ3n) is 3.51. The van der Waals surface area contributed by atoms with Crippen molar-refractivity contribution in [3.05, 3.63) is 54.9 Å². The lowest BCUT2D eigenvalue weighted by Gasteiger charge is -2.02. The van der Waals surface area contributed by atoms with Gasteiger partial charge in [0.25, 0.3) is 5.89 Å². The maximum Gasteiger partial charge on any atom is 0.262 e. The molecular weight excluding hydrogens is 308 g/mol. The van der Waals surface area contributed by atoms with Gasteiger partial charge in [-0.15, -0.1) is 10.2 Å². The molecule has 7 heteroatoms. The number of nitrogens with zero attached hydrogens (tertiary/aromatic N) is 4. The second kappa shape index (κ2) is 5.96. The van der Waals surface area contributed by atoms with Gasteiger partial charge >= 0.3 is 0 Å². The lowest BCUT2D eigenvalue weighted by atomic mass is 10.1. The van der Waals surface area contributed by atoms with E-state index in [1.807, 2.05) is 48.5 Å². The third-order valence-corrected chi connectivity index (χ3v) is 3.51. The standard InChI is InChI=1S/C17H12N4O3/c1-22-14-5-3-2-4-13(14)17-19-15(21-24-17)11-6-8-12(9-7-11)16-20-18-10-23-16/h2-10H,1H3. The molecule has 118 valence electrons. The zero-order valence-corrected chi connectivity index (χ0v) is 12.7. The van der Waals surface area contributed by atoms with Crippen LogP contribution in [0.5, 0.6) is 5.75 Å². The summed E-state index contributed by atoms with van der Waals surface area (Å²) in [6, 6.07) is 15.0. The number of methoxy groups -OCH3 is 1. The van der Waals surface area contributed by atoms with E-state index in [-0.39, 0.29) is 0 Å². The molecule has 4 rings (SSSR count). The summed E-state index contributed by atoms with van der Waals surface area (Å²) in [5.41, 5.74) is 2.40. The Balaban J connectivity index is 1.65. The molecule has 0 amide bonds. The Morgan fingerprint density at radius 3 is 2.46 bits per heavy atom. The summed E-state index contributed by atoms with van der Waals surface area (Å²) in [6.45, 7) is 0. The Morgan fingerprint density at radius 2 is 1.71 bits per heavy atom. The highest BCUT2D eigenvalue weighted by atomic mass is 16.5. The number of para-hydroxylation sites is 1. The van der Waals surface area contributed by atoms with E-state index < -0.39 is 0 Å². The van der Waals surface area contributed by atoms with Crippen molar-refractivity contribution in [1.29, 1.82) is 0 Å². The van der Waals surface area contributed by atoms with Crippen molar-refractivity contribution in [1.82, 2.24) is 20.3 Å². The Kier molecular flexibility index (Phi) is 3.51. The molecule has 0 fully saturated rings. The second-order valence-electron chi connectivity index (χ2n) is 4.94. The highest BCUT2D eigenvalue weighted by molar-refractivity contribution is 5.66. The van der Waals surface area contributed by atoms with Gasteiger partial charge in [-0.1, -0.05) is 29.4 Å². The van der Waals surface area contributed by atoms with Gasteiger partial charge in [0.1, 0.15) is 5.75 Å². The summed E-state index contributed by atoms with van der Waals surface area (Å²) in [5, 5.41) is 11.6. The van der Waals surface area contributed by atoms with E-state index in [1.54, 1.807) is 7.11 Å². The van der Waals surface area contributed by atoms with E-state index in [4.69, 9.17) is 13.7 Å². The fourth-order valence-electron chi connectivity index (χ4n) is 2.33. The Morgan fingerprint density at radius 1 is 0.917 bits per heavy atom. The molecule has 0 saturated heterocycles. The van der Waals surface area contributed by atoms with Crippen LogP contribution in [0.2, 0.25) is 0 Å². The highest BCUT2D eigenvalue weighted by Gasteiger charge is 2.14. The fraction of sp³-hybridized carbons (Fsp3) is 0.0588. The zero-order chi connectivity index (χ0) is 16.4. The van der Waals surface area contributed by atoms with E-state index in [0.717, 1.165) is 16.7 Å². The van der Waals surface area contributed by atoms with Crippen LogP contribution in [0.3, 0.4) is 0 Å². The van der Waals surface area contributed by atoms with Crippen LogP contribution < -0.4 is 4.74 Å². The average Bonchev–Trinajstić information content (AvgIpc) is 3.34. The summed E-state index contributed by atoms with van der Waals surface area (Å²) in [7, 11) is 1.60. The molecule has 4 aromatic rings. The summed E-state index contributed by atoms with van der Waals surface area (Å²) < 4.78 is 15.9. The van der Waals surface area contributed by atoms with Crippen LogP contribution in [-0.4, -0.2) is 27.4 Å². The van der Waals surface area contributed by atoms with Crippen LogP contribution in [0, 0.1) is 0 Å². The van der Waals surface area contributed by atoms with Gasteiger partial charge in [0.2, 0.25) is 18.1 Å². The topological polar surface area (TPSA) is 87.1 Å².